The highest BCUT2D eigenvalue weighted by Crippen LogP contribution is 2.19. The van der Waals surface area contributed by atoms with Gasteiger partial charge in [-0.1, -0.05) is 23.8 Å². The molecule has 2 unspecified atom stereocenters. The first-order valence-corrected chi connectivity index (χ1v) is 7.19. The van der Waals surface area contributed by atoms with E-state index in [1.165, 1.54) is 29.5 Å². The van der Waals surface area contributed by atoms with Crippen molar-refractivity contribution in [1.82, 2.24) is 4.90 Å². The molecule has 1 saturated heterocycles. The molecule has 3 heteroatoms. The molecule has 3 nitrogen and oxygen atoms in total. The summed E-state index contributed by atoms with van der Waals surface area (Å²) in [6, 6.07) is 6.58. The molecule has 19 heavy (non-hydrogen) atoms. The van der Waals surface area contributed by atoms with Gasteiger partial charge in [0.2, 0.25) is 0 Å². The first-order chi connectivity index (χ1) is 9.06. The topological polar surface area (TPSA) is 38.5 Å². The number of rotatable bonds is 5. The molecule has 2 N–H and O–H groups in total. The standard InChI is InChI=1S/C16H26N2O/c1-12-6-7-15(13(2)9-12)16(17)11-18(3)10-14-5-4-8-19-14/h6-7,9,14,16H,4-5,8,10-11,17H2,1-3H3. The molecule has 2 rings (SSSR count). The van der Waals surface area contributed by atoms with Gasteiger partial charge in [0.15, 0.2) is 0 Å². The van der Waals surface area contributed by atoms with Crippen molar-refractivity contribution in [2.45, 2.75) is 38.8 Å². The highest BCUT2D eigenvalue weighted by molar-refractivity contribution is 5.32. The van der Waals surface area contributed by atoms with Gasteiger partial charge in [-0.3, -0.25) is 0 Å². The minimum absolute atomic E-state index is 0.0759. The quantitative estimate of drug-likeness (QED) is 0.885. The van der Waals surface area contributed by atoms with Crippen LogP contribution >= 0.6 is 0 Å². The van der Waals surface area contributed by atoms with E-state index in [0.717, 1.165) is 19.7 Å². The molecule has 1 aliphatic heterocycles. The van der Waals surface area contributed by atoms with E-state index in [1.54, 1.807) is 0 Å². The zero-order valence-corrected chi connectivity index (χ0v) is 12.4. The molecular formula is C16H26N2O. The SMILES string of the molecule is Cc1ccc(C(N)CN(C)CC2CCCO2)c(C)c1. The number of benzene rings is 1. The Morgan fingerprint density at radius 2 is 2.21 bits per heavy atom. The molecule has 0 spiro atoms. The monoisotopic (exact) mass is 262 g/mol. The normalized spacial score (nSPS) is 21.0. The summed E-state index contributed by atoms with van der Waals surface area (Å²) in [4.78, 5) is 2.29. The molecule has 0 saturated carbocycles. The van der Waals surface area contributed by atoms with Gasteiger partial charge in [0.05, 0.1) is 6.10 Å². The summed E-state index contributed by atoms with van der Waals surface area (Å²) in [6.07, 6.45) is 2.78. The summed E-state index contributed by atoms with van der Waals surface area (Å²) < 4.78 is 5.67. The van der Waals surface area contributed by atoms with Gasteiger partial charge < -0.3 is 15.4 Å². The van der Waals surface area contributed by atoms with Gasteiger partial charge in [0, 0.05) is 25.7 Å². The maximum Gasteiger partial charge on any atom is 0.0702 e. The summed E-state index contributed by atoms with van der Waals surface area (Å²) in [6.45, 7) is 7.04. The van der Waals surface area contributed by atoms with Crippen LogP contribution in [0.1, 0.15) is 35.6 Å². The molecule has 0 aromatic heterocycles. The summed E-state index contributed by atoms with van der Waals surface area (Å²) in [5, 5.41) is 0. The van der Waals surface area contributed by atoms with Gasteiger partial charge in [-0.05, 0) is 44.9 Å². The van der Waals surface area contributed by atoms with Crippen LogP contribution in [0, 0.1) is 13.8 Å². The fourth-order valence-electron chi connectivity index (χ4n) is 2.89. The van der Waals surface area contributed by atoms with Crippen molar-refractivity contribution in [2.75, 3.05) is 26.7 Å². The molecule has 0 amide bonds. The molecule has 1 heterocycles. The Labute approximate surface area is 116 Å². The van der Waals surface area contributed by atoms with Crippen molar-refractivity contribution in [3.63, 3.8) is 0 Å². The van der Waals surface area contributed by atoms with E-state index in [9.17, 15) is 0 Å². The number of aryl methyl sites for hydroxylation is 2. The molecule has 1 aromatic rings. The zero-order valence-electron chi connectivity index (χ0n) is 12.4. The lowest BCUT2D eigenvalue weighted by molar-refractivity contribution is 0.0796. The largest absolute Gasteiger partial charge is 0.377 e. The molecule has 106 valence electrons. The summed E-state index contributed by atoms with van der Waals surface area (Å²) in [5.74, 6) is 0. The fourth-order valence-corrected chi connectivity index (χ4v) is 2.89. The number of nitrogens with zero attached hydrogens (tertiary/aromatic N) is 1. The van der Waals surface area contributed by atoms with Crippen molar-refractivity contribution in [1.29, 1.82) is 0 Å². The average molecular weight is 262 g/mol. The second-order valence-electron chi connectivity index (χ2n) is 5.82. The summed E-state index contributed by atoms with van der Waals surface area (Å²) in [7, 11) is 2.13. The summed E-state index contributed by atoms with van der Waals surface area (Å²) >= 11 is 0. The van der Waals surface area contributed by atoms with E-state index >= 15 is 0 Å². The van der Waals surface area contributed by atoms with Gasteiger partial charge in [0.25, 0.3) is 0 Å². The minimum atomic E-state index is 0.0759. The Morgan fingerprint density at radius 1 is 1.42 bits per heavy atom. The third-order valence-corrected chi connectivity index (χ3v) is 3.87. The molecule has 1 aliphatic rings. The first kappa shape index (κ1) is 14.5. The lowest BCUT2D eigenvalue weighted by atomic mass is 9.99. The Morgan fingerprint density at radius 3 is 2.84 bits per heavy atom. The Bertz CT molecular complexity index is 413. The van der Waals surface area contributed by atoms with Crippen LogP contribution in [0.3, 0.4) is 0 Å². The van der Waals surface area contributed by atoms with Crippen LogP contribution < -0.4 is 5.73 Å². The predicted molar refractivity (Wildman–Crippen MR) is 79.3 cm³/mol. The number of hydrogen-bond acceptors (Lipinski definition) is 3. The highest BCUT2D eigenvalue weighted by atomic mass is 16.5. The van der Waals surface area contributed by atoms with Crippen molar-refractivity contribution in [3.05, 3.63) is 34.9 Å². The molecule has 0 aliphatic carbocycles. The van der Waals surface area contributed by atoms with Crippen molar-refractivity contribution >= 4 is 0 Å². The van der Waals surface area contributed by atoms with Crippen molar-refractivity contribution < 1.29 is 4.74 Å². The van der Waals surface area contributed by atoms with Crippen LogP contribution in [-0.4, -0.2) is 37.7 Å². The lowest BCUT2D eigenvalue weighted by Crippen LogP contribution is -2.34. The van der Waals surface area contributed by atoms with Gasteiger partial charge in [0.1, 0.15) is 0 Å². The van der Waals surface area contributed by atoms with Crippen LogP contribution in [0.2, 0.25) is 0 Å². The fraction of sp³-hybridized carbons (Fsp3) is 0.625. The molecule has 0 radical (unpaired) electrons. The van der Waals surface area contributed by atoms with Crippen molar-refractivity contribution in [2.24, 2.45) is 5.73 Å². The molecule has 1 aromatic carbocycles. The smallest absolute Gasteiger partial charge is 0.0702 e. The van der Waals surface area contributed by atoms with E-state index < -0.39 is 0 Å². The lowest BCUT2D eigenvalue weighted by Gasteiger charge is -2.25. The van der Waals surface area contributed by atoms with Gasteiger partial charge in [-0.2, -0.15) is 0 Å². The number of hydrogen-bond donors (Lipinski definition) is 1. The third-order valence-electron chi connectivity index (χ3n) is 3.87. The average Bonchev–Trinajstić information content (AvgIpc) is 2.81. The Hall–Kier alpha value is -0.900. The number of likely N-dealkylation sites (N-methyl/N-ethyl adjacent to an activating group) is 1. The van der Waals surface area contributed by atoms with Crippen LogP contribution in [0.5, 0.6) is 0 Å². The van der Waals surface area contributed by atoms with Crippen LogP contribution in [0.4, 0.5) is 0 Å². The predicted octanol–water partition coefficient (Wildman–Crippen LogP) is 2.41. The summed E-state index contributed by atoms with van der Waals surface area (Å²) in [5.41, 5.74) is 10.2. The van der Waals surface area contributed by atoms with Crippen molar-refractivity contribution in [3.8, 4) is 0 Å². The van der Waals surface area contributed by atoms with Crippen LogP contribution in [0.15, 0.2) is 18.2 Å². The second-order valence-corrected chi connectivity index (χ2v) is 5.82. The molecule has 2 atom stereocenters. The number of nitrogens with two attached hydrogens (primary N) is 1. The van der Waals surface area contributed by atoms with Crippen LogP contribution in [0.25, 0.3) is 0 Å². The third kappa shape index (κ3) is 4.03. The second kappa shape index (κ2) is 6.51. The minimum Gasteiger partial charge on any atom is -0.377 e. The molecule has 1 fully saturated rings. The van der Waals surface area contributed by atoms with E-state index in [2.05, 4.69) is 44.0 Å². The van der Waals surface area contributed by atoms with E-state index in [4.69, 9.17) is 10.5 Å². The Balaban J connectivity index is 1.90. The number of ether oxygens (including phenoxy) is 1. The first-order valence-electron chi connectivity index (χ1n) is 7.19. The van der Waals surface area contributed by atoms with Gasteiger partial charge in [-0.15, -0.1) is 0 Å². The van der Waals surface area contributed by atoms with Crippen LogP contribution in [-0.2, 0) is 4.74 Å². The molecule has 0 bridgehead atoms. The van der Waals surface area contributed by atoms with E-state index in [1.807, 2.05) is 0 Å². The van der Waals surface area contributed by atoms with Gasteiger partial charge in [-0.25, -0.2) is 0 Å². The zero-order chi connectivity index (χ0) is 13.8. The Kier molecular flexibility index (Phi) is 4.97. The van der Waals surface area contributed by atoms with E-state index in [-0.39, 0.29) is 6.04 Å². The molecular weight excluding hydrogens is 236 g/mol. The highest BCUT2D eigenvalue weighted by Gasteiger charge is 2.19. The van der Waals surface area contributed by atoms with Gasteiger partial charge >= 0.3 is 0 Å². The maximum atomic E-state index is 6.34. The maximum absolute atomic E-state index is 6.34. The van der Waals surface area contributed by atoms with E-state index in [0.29, 0.717) is 6.10 Å².